The number of likely N-dealkylation sites (N-methyl/N-ethyl adjacent to an activating group) is 1. The van der Waals surface area contributed by atoms with Crippen LogP contribution in [0.15, 0.2) is 24.3 Å². The number of halogens is 1. The summed E-state index contributed by atoms with van der Waals surface area (Å²) in [4.78, 5) is 28.4. The minimum Gasteiger partial charge on any atom is -0.359 e. The zero-order chi connectivity index (χ0) is 16.8. The minimum atomic E-state index is -0.174. The van der Waals surface area contributed by atoms with Crippen molar-refractivity contribution in [1.82, 2.24) is 15.1 Å². The fourth-order valence-electron chi connectivity index (χ4n) is 2.83. The molecule has 1 aromatic rings. The second-order valence-electron chi connectivity index (χ2n) is 6.04. The van der Waals surface area contributed by atoms with Crippen molar-refractivity contribution >= 4 is 23.4 Å². The number of carbonyl (C=O) groups is 2. The smallest absolute Gasteiger partial charge is 0.225 e. The molecule has 0 spiro atoms. The number of aryl methyl sites for hydroxylation is 1. The molecular weight excluding hydrogens is 314 g/mol. The van der Waals surface area contributed by atoms with Crippen molar-refractivity contribution in [2.75, 3.05) is 40.3 Å². The lowest BCUT2D eigenvalue weighted by atomic mass is 10.1. The van der Waals surface area contributed by atoms with Gasteiger partial charge < -0.3 is 15.1 Å². The molecule has 1 heterocycles. The molecule has 2 amide bonds. The highest BCUT2D eigenvalue weighted by Gasteiger charge is 2.28. The highest BCUT2D eigenvalue weighted by molar-refractivity contribution is 6.30. The molecule has 1 unspecified atom stereocenters. The average molecular weight is 338 g/mol. The number of carbonyl (C=O) groups excluding carboxylic acids is 2. The Bertz CT molecular complexity index is 547. The topological polar surface area (TPSA) is 52.7 Å². The first kappa shape index (κ1) is 17.8. The SMILES string of the molecule is CNC(=O)C1CN(C)CCN(C(=O)CCc2ccc(Cl)cc2)C1. The molecule has 2 rings (SSSR count). The summed E-state index contributed by atoms with van der Waals surface area (Å²) < 4.78 is 0. The van der Waals surface area contributed by atoms with Gasteiger partial charge in [-0.1, -0.05) is 23.7 Å². The molecule has 6 heteroatoms. The number of hydrogen-bond donors (Lipinski definition) is 1. The Hall–Kier alpha value is -1.59. The second kappa shape index (κ2) is 8.31. The van der Waals surface area contributed by atoms with Crippen molar-refractivity contribution in [3.63, 3.8) is 0 Å². The predicted molar refractivity (Wildman–Crippen MR) is 91.4 cm³/mol. The highest BCUT2D eigenvalue weighted by Crippen LogP contribution is 2.14. The Morgan fingerprint density at radius 2 is 1.91 bits per heavy atom. The van der Waals surface area contributed by atoms with Crippen LogP contribution >= 0.6 is 11.6 Å². The molecule has 0 aliphatic carbocycles. The maximum Gasteiger partial charge on any atom is 0.225 e. The standard InChI is InChI=1S/C17H24ClN3O2/c1-19-17(23)14-11-20(2)9-10-21(12-14)16(22)8-5-13-3-6-15(18)7-4-13/h3-4,6-7,14H,5,8-12H2,1-2H3,(H,19,23). The molecule has 23 heavy (non-hydrogen) atoms. The van der Waals surface area contributed by atoms with Crippen molar-refractivity contribution in [2.24, 2.45) is 5.92 Å². The lowest BCUT2D eigenvalue weighted by molar-refractivity contribution is -0.132. The molecule has 1 aliphatic rings. The minimum absolute atomic E-state index is 0.00532. The second-order valence-corrected chi connectivity index (χ2v) is 6.48. The van der Waals surface area contributed by atoms with Crippen LogP contribution in [0, 0.1) is 5.92 Å². The molecule has 1 aromatic carbocycles. The summed E-state index contributed by atoms with van der Waals surface area (Å²) in [5.41, 5.74) is 1.09. The summed E-state index contributed by atoms with van der Waals surface area (Å²) in [5, 5.41) is 3.39. The van der Waals surface area contributed by atoms with Crippen LogP contribution in [-0.2, 0) is 16.0 Å². The van der Waals surface area contributed by atoms with Crippen molar-refractivity contribution < 1.29 is 9.59 Å². The molecule has 1 N–H and O–H groups in total. The van der Waals surface area contributed by atoms with Crippen molar-refractivity contribution in [3.05, 3.63) is 34.9 Å². The number of nitrogens with one attached hydrogen (secondary N) is 1. The van der Waals surface area contributed by atoms with Gasteiger partial charge in [0.25, 0.3) is 0 Å². The Morgan fingerprint density at radius 3 is 2.57 bits per heavy atom. The molecule has 126 valence electrons. The van der Waals surface area contributed by atoms with Gasteiger partial charge in [0.1, 0.15) is 0 Å². The molecule has 1 atom stereocenters. The van der Waals surface area contributed by atoms with Gasteiger partial charge in [-0.05, 0) is 31.2 Å². The van der Waals surface area contributed by atoms with Gasteiger partial charge >= 0.3 is 0 Å². The van der Waals surface area contributed by atoms with Crippen molar-refractivity contribution in [1.29, 1.82) is 0 Å². The van der Waals surface area contributed by atoms with E-state index in [1.165, 1.54) is 0 Å². The van der Waals surface area contributed by atoms with Crippen LogP contribution in [0.5, 0.6) is 0 Å². The first-order valence-electron chi connectivity index (χ1n) is 7.92. The first-order chi connectivity index (χ1) is 11.0. The number of hydrogen-bond acceptors (Lipinski definition) is 3. The largest absolute Gasteiger partial charge is 0.359 e. The van der Waals surface area contributed by atoms with Gasteiger partial charge in [0.15, 0.2) is 0 Å². The maximum atomic E-state index is 12.5. The fourth-order valence-corrected chi connectivity index (χ4v) is 2.96. The van der Waals surface area contributed by atoms with E-state index in [1.54, 1.807) is 7.05 Å². The van der Waals surface area contributed by atoms with Gasteiger partial charge in [0, 0.05) is 44.7 Å². The summed E-state index contributed by atoms with van der Waals surface area (Å²) >= 11 is 5.87. The van der Waals surface area contributed by atoms with Gasteiger partial charge in [-0.15, -0.1) is 0 Å². The third kappa shape index (κ3) is 5.22. The molecule has 0 radical (unpaired) electrons. The Kier molecular flexibility index (Phi) is 6.42. The van der Waals surface area contributed by atoms with Crippen LogP contribution in [0.3, 0.4) is 0 Å². The zero-order valence-electron chi connectivity index (χ0n) is 13.7. The molecule has 1 saturated heterocycles. The van der Waals surface area contributed by atoms with Crippen LogP contribution in [0.4, 0.5) is 0 Å². The van der Waals surface area contributed by atoms with Crippen LogP contribution in [0.2, 0.25) is 5.02 Å². The maximum absolute atomic E-state index is 12.5. The zero-order valence-corrected chi connectivity index (χ0v) is 14.5. The summed E-state index contributed by atoms with van der Waals surface area (Å²) in [6.45, 7) is 2.63. The van der Waals surface area contributed by atoms with Gasteiger partial charge in [0.05, 0.1) is 5.92 Å². The lowest BCUT2D eigenvalue weighted by Gasteiger charge is -2.23. The van der Waals surface area contributed by atoms with Gasteiger partial charge in [-0.3, -0.25) is 9.59 Å². The number of benzene rings is 1. The van der Waals surface area contributed by atoms with E-state index in [2.05, 4.69) is 10.2 Å². The summed E-state index contributed by atoms with van der Waals surface area (Å²) in [6.07, 6.45) is 1.14. The predicted octanol–water partition coefficient (Wildman–Crippen LogP) is 1.41. The average Bonchev–Trinajstić information content (AvgIpc) is 2.75. The molecule has 0 saturated carbocycles. The summed E-state index contributed by atoms with van der Waals surface area (Å²) in [6, 6.07) is 7.56. The lowest BCUT2D eigenvalue weighted by Crippen LogP contribution is -2.41. The van der Waals surface area contributed by atoms with Crippen LogP contribution in [-0.4, -0.2) is 61.9 Å². The summed E-state index contributed by atoms with van der Waals surface area (Å²) in [7, 11) is 3.62. The van der Waals surface area contributed by atoms with Gasteiger partial charge in [-0.2, -0.15) is 0 Å². The molecular formula is C17H24ClN3O2. The first-order valence-corrected chi connectivity index (χ1v) is 8.29. The van der Waals surface area contributed by atoms with Gasteiger partial charge in [0.2, 0.25) is 11.8 Å². The normalized spacial score (nSPS) is 19.3. The Morgan fingerprint density at radius 1 is 1.22 bits per heavy atom. The molecule has 0 aromatic heterocycles. The van der Waals surface area contributed by atoms with E-state index in [0.717, 1.165) is 12.1 Å². The number of rotatable bonds is 4. The Labute approximate surface area is 142 Å². The molecule has 1 fully saturated rings. The third-order valence-corrected chi connectivity index (χ3v) is 4.49. The van der Waals surface area contributed by atoms with Crippen LogP contribution in [0.1, 0.15) is 12.0 Å². The van der Waals surface area contributed by atoms with E-state index in [1.807, 2.05) is 36.2 Å². The molecule has 5 nitrogen and oxygen atoms in total. The van der Waals surface area contributed by atoms with Crippen molar-refractivity contribution in [2.45, 2.75) is 12.8 Å². The Balaban J connectivity index is 1.94. The van der Waals surface area contributed by atoms with Crippen LogP contribution in [0.25, 0.3) is 0 Å². The molecule has 0 bridgehead atoms. The van der Waals surface area contributed by atoms with E-state index in [-0.39, 0.29) is 17.7 Å². The monoisotopic (exact) mass is 337 g/mol. The fraction of sp³-hybridized carbons (Fsp3) is 0.529. The van der Waals surface area contributed by atoms with E-state index in [4.69, 9.17) is 11.6 Å². The summed E-state index contributed by atoms with van der Waals surface area (Å²) in [5.74, 6) is -0.0783. The van der Waals surface area contributed by atoms with Gasteiger partial charge in [-0.25, -0.2) is 0 Å². The van der Waals surface area contributed by atoms with E-state index < -0.39 is 0 Å². The number of amides is 2. The van der Waals surface area contributed by atoms with Crippen LogP contribution < -0.4 is 5.32 Å². The number of nitrogens with zero attached hydrogens (tertiary/aromatic N) is 2. The van der Waals surface area contributed by atoms with E-state index in [9.17, 15) is 9.59 Å². The van der Waals surface area contributed by atoms with Crippen molar-refractivity contribution in [3.8, 4) is 0 Å². The third-order valence-electron chi connectivity index (χ3n) is 4.24. The van der Waals surface area contributed by atoms with E-state index in [0.29, 0.717) is 37.5 Å². The highest BCUT2D eigenvalue weighted by atomic mass is 35.5. The quantitative estimate of drug-likeness (QED) is 0.903. The van der Waals surface area contributed by atoms with E-state index >= 15 is 0 Å². The molecule has 1 aliphatic heterocycles.